The normalized spacial score (nSPS) is 19.5. The number of alkyl halides is 3. The zero-order valence-electron chi connectivity index (χ0n) is 19.5. The third-order valence-corrected chi connectivity index (χ3v) is 8.00. The minimum absolute atomic E-state index is 0.00128. The fourth-order valence-corrected chi connectivity index (χ4v) is 6.39. The lowest BCUT2D eigenvalue weighted by molar-refractivity contribution is -0.137. The number of nitrogens with one attached hydrogen (secondary N) is 1. The number of nitriles is 1. The van der Waals surface area contributed by atoms with Crippen molar-refractivity contribution in [3.05, 3.63) is 40.5 Å². The van der Waals surface area contributed by atoms with Gasteiger partial charge in [0.2, 0.25) is 0 Å². The molecule has 12 heteroatoms. The molecule has 0 spiro atoms. The lowest BCUT2D eigenvalue weighted by Crippen LogP contribution is -2.51. The van der Waals surface area contributed by atoms with E-state index in [1.807, 2.05) is 11.0 Å². The smallest absolute Gasteiger partial charge is 0.417 e. The zero-order chi connectivity index (χ0) is 26.1. The number of fused-ring (bicyclic) bond motifs is 4. The molecule has 7 nitrogen and oxygen atoms in total. The summed E-state index contributed by atoms with van der Waals surface area (Å²) in [5, 5.41) is 14.7. The summed E-state index contributed by atoms with van der Waals surface area (Å²) in [5.74, 6) is -0.954. The van der Waals surface area contributed by atoms with Gasteiger partial charge >= 0.3 is 12.2 Å². The first-order valence-corrected chi connectivity index (χ1v) is 12.4. The van der Waals surface area contributed by atoms with Gasteiger partial charge in [-0.05, 0) is 36.4 Å². The minimum Gasteiger partial charge on any atom is -0.467 e. The molecule has 0 radical (unpaired) electrons. The highest BCUT2D eigenvalue weighted by Crippen LogP contribution is 2.47. The lowest BCUT2D eigenvalue weighted by atomic mass is 9.93. The van der Waals surface area contributed by atoms with Crippen molar-refractivity contribution in [2.24, 2.45) is 0 Å². The van der Waals surface area contributed by atoms with E-state index >= 15 is 4.39 Å². The molecule has 2 atom stereocenters. The van der Waals surface area contributed by atoms with Crippen molar-refractivity contribution in [3.8, 4) is 23.2 Å². The van der Waals surface area contributed by atoms with Crippen molar-refractivity contribution in [1.29, 1.82) is 5.26 Å². The van der Waals surface area contributed by atoms with Crippen molar-refractivity contribution in [2.75, 3.05) is 30.8 Å². The quantitative estimate of drug-likeness (QED) is 0.283. The number of rotatable bonds is 3. The minimum atomic E-state index is -4.90. The van der Waals surface area contributed by atoms with Crippen LogP contribution in [0.2, 0.25) is 0 Å². The number of benzene rings is 2. The molecule has 2 saturated heterocycles. The number of hydrogen-bond donors (Lipinski definition) is 2. The van der Waals surface area contributed by atoms with E-state index in [-0.39, 0.29) is 57.0 Å². The first kappa shape index (κ1) is 23.7. The van der Waals surface area contributed by atoms with Crippen LogP contribution in [0.3, 0.4) is 0 Å². The highest BCUT2D eigenvalue weighted by atomic mass is 32.1. The van der Waals surface area contributed by atoms with E-state index < -0.39 is 23.1 Å². The number of piperazine rings is 1. The number of anilines is 2. The van der Waals surface area contributed by atoms with Gasteiger partial charge in [0.1, 0.15) is 17.4 Å². The van der Waals surface area contributed by atoms with Crippen LogP contribution in [0, 0.1) is 17.1 Å². The van der Waals surface area contributed by atoms with Crippen LogP contribution in [0.25, 0.3) is 32.1 Å². The first-order valence-electron chi connectivity index (χ1n) is 11.6. The molecule has 2 fully saturated rings. The number of nitrogens with two attached hydrogens (primary N) is 1. The summed E-state index contributed by atoms with van der Waals surface area (Å²) in [6.45, 7) is 1.05. The molecule has 2 unspecified atom stereocenters. The lowest BCUT2D eigenvalue weighted by Gasteiger charge is -2.34. The summed E-state index contributed by atoms with van der Waals surface area (Å²) in [6, 6.07) is 6.18. The van der Waals surface area contributed by atoms with Crippen molar-refractivity contribution in [2.45, 2.75) is 31.1 Å². The molecule has 190 valence electrons. The highest BCUT2D eigenvalue weighted by Gasteiger charge is 2.39. The van der Waals surface area contributed by atoms with Gasteiger partial charge in [0.15, 0.2) is 5.82 Å². The van der Waals surface area contributed by atoms with Crippen molar-refractivity contribution < 1.29 is 22.3 Å². The molecule has 2 aromatic carbocycles. The van der Waals surface area contributed by atoms with Gasteiger partial charge in [0.05, 0.1) is 23.9 Å². The van der Waals surface area contributed by atoms with E-state index in [1.165, 1.54) is 18.6 Å². The number of aromatic nitrogens is 2. The Morgan fingerprint density at radius 2 is 1.95 bits per heavy atom. The van der Waals surface area contributed by atoms with Crippen LogP contribution in [0.5, 0.6) is 6.01 Å². The topological polar surface area (TPSA) is 100 Å². The van der Waals surface area contributed by atoms with Gasteiger partial charge in [0, 0.05) is 51.8 Å². The number of nitrogens with zero attached hydrogens (tertiary/aromatic N) is 4. The van der Waals surface area contributed by atoms with E-state index in [0.717, 1.165) is 30.2 Å². The van der Waals surface area contributed by atoms with Crippen LogP contribution in [0.4, 0.5) is 29.1 Å². The maximum atomic E-state index is 16.3. The molecule has 4 aromatic rings. The summed E-state index contributed by atoms with van der Waals surface area (Å²) in [4.78, 5) is 10.4. The molecule has 2 aliphatic rings. The molecule has 6 rings (SSSR count). The fourth-order valence-electron chi connectivity index (χ4n) is 5.43. The van der Waals surface area contributed by atoms with Crippen LogP contribution in [0.1, 0.15) is 24.0 Å². The number of halogens is 4. The Morgan fingerprint density at radius 3 is 2.59 bits per heavy atom. The molecule has 2 bridgehead atoms. The fraction of sp³-hybridized carbons (Fsp3) is 0.320. The third-order valence-electron chi connectivity index (χ3n) is 7.05. The summed E-state index contributed by atoms with van der Waals surface area (Å²) in [7, 11) is 1.32. The van der Waals surface area contributed by atoms with Crippen molar-refractivity contribution >= 4 is 43.8 Å². The second-order valence-electron chi connectivity index (χ2n) is 9.25. The molecule has 37 heavy (non-hydrogen) atoms. The average Bonchev–Trinajstić information content (AvgIpc) is 3.44. The molecule has 0 aliphatic carbocycles. The van der Waals surface area contributed by atoms with Gasteiger partial charge in [-0.1, -0.05) is 0 Å². The molecule has 4 heterocycles. The molecular weight excluding hydrogens is 508 g/mol. The molecule has 0 saturated carbocycles. The second-order valence-corrected chi connectivity index (χ2v) is 10.2. The molecular formula is C25H20F4N6OS. The Balaban J connectivity index is 1.67. The van der Waals surface area contributed by atoms with Gasteiger partial charge in [-0.3, -0.25) is 0 Å². The predicted molar refractivity (Wildman–Crippen MR) is 133 cm³/mol. The molecule has 0 amide bonds. The van der Waals surface area contributed by atoms with Gasteiger partial charge in [-0.25, -0.2) is 4.39 Å². The van der Waals surface area contributed by atoms with E-state index in [4.69, 9.17) is 10.5 Å². The largest absolute Gasteiger partial charge is 0.467 e. The summed E-state index contributed by atoms with van der Waals surface area (Å²) in [6.07, 6.45) is -3.00. The monoisotopic (exact) mass is 528 g/mol. The number of hydrogen-bond acceptors (Lipinski definition) is 8. The number of nitrogen functional groups attached to an aromatic ring is 1. The average molecular weight is 529 g/mol. The predicted octanol–water partition coefficient (Wildman–Crippen LogP) is 5.07. The molecule has 3 N–H and O–H groups in total. The van der Waals surface area contributed by atoms with E-state index in [2.05, 4.69) is 15.3 Å². The Kier molecular flexibility index (Phi) is 5.40. The van der Waals surface area contributed by atoms with Crippen molar-refractivity contribution in [3.63, 3.8) is 0 Å². The first-order chi connectivity index (χ1) is 17.7. The Hall–Kier alpha value is -3.69. The van der Waals surface area contributed by atoms with Crippen LogP contribution in [-0.2, 0) is 6.18 Å². The molecule has 2 aliphatic heterocycles. The molecule has 2 aromatic heterocycles. The summed E-state index contributed by atoms with van der Waals surface area (Å²) in [5.41, 5.74) is 3.85. The SMILES string of the molecule is COc1nc(N2CC3CCC(C2)N3)c2cc(C(F)(F)F)c(-c3csc4ccc(N)c(C#N)c34)c(F)c2n1. The van der Waals surface area contributed by atoms with Crippen molar-refractivity contribution in [1.82, 2.24) is 15.3 Å². The Bertz CT molecular complexity index is 1600. The van der Waals surface area contributed by atoms with Crippen LogP contribution in [-0.4, -0.2) is 42.3 Å². The van der Waals surface area contributed by atoms with Gasteiger partial charge in [-0.15, -0.1) is 11.3 Å². The number of methoxy groups -OCH3 is 1. The number of ether oxygens (including phenoxy) is 1. The number of thiophene rings is 1. The van der Waals surface area contributed by atoms with E-state index in [0.29, 0.717) is 17.8 Å². The highest BCUT2D eigenvalue weighted by molar-refractivity contribution is 7.17. The zero-order valence-corrected chi connectivity index (χ0v) is 20.3. The van der Waals surface area contributed by atoms with Gasteiger partial charge in [0.25, 0.3) is 0 Å². The van der Waals surface area contributed by atoms with Gasteiger partial charge in [-0.2, -0.15) is 28.4 Å². The van der Waals surface area contributed by atoms with E-state index in [9.17, 15) is 18.4 Å². The van der Waals surface area contributed by atoms with Gasteiger partial charge < -0.3 is 20.7 Å². The Labute approximate surface area is 212 Å². The maximum Gasteiger partial charge on any atom is 0.417 e. The standard InChI is InChI=1S/C25H20F4N6OS/c1-36-24-33-22-13(23(34-24)35-8-11-2-3-12(9-35)32-11)6-16(25(27,28)29)20(21(22)26)15-10-37-18-5-4-17(31)14(7-30)19(15)18/h4-6,10-12,32H,2-3,8-9,31H2,1H3. The summed E-state index contributed by atoms with van der Waals surface area (Å²) < 4.78 is 65.6. The van der Waals surface area contributed by atoms with Crippen LogP contribution >= 0.6 is 11.3 Å². The summed E-state index contributed by atoms with van der Waals surface area (Å²) >= 11 is 1.11. The third kappa shape index (κ3) is 3.72. The second kappa shape index (κ2) is 8.43. The Morgan fingerprint density at radius 1 is 1.22 bits per heavy atom. The van der Waals surface area contributed by atoms with Crippen LogP contribution in [0.15, 0.2) is 23.6 Å². The maximum absolute atomic E-state index is 16.3. The van der Waals surface area contributed by atoms with E-state index in [1.54, 1.807) is 6.07 Å². The van der Waals surface area contributed by atoms with Crippen LogP contribution < -0.4 is 20.7 Å².